The zero-order valence-electron chi connectivity index (χ0n) is 18.1. The van der Waals surface area contributed by atoms with E-state index in [0.29, 0.717) is 23.9 Å². The lowest BCUT2D eigenvalue weighted by Gasteiger charge is -2.42. The van der Waals surface area contributed by atoms with E-state index in [1.807, 2.05) is 11.6 Å². The monoisotopic (exact) mass is 372 g/mol. The number of pyridine rings is 1. The highest BCUT2D eigenvalue weighted by Gasteiger charge is 2.37. The van der Waals surface area contributed by atoms with Gasteiger partial charge in [0.1, 0.15) is 0 Å². The lowest BCUT2D eigenvalue weighted by atomic mass is 9.68. The number of hydrogen-bond donors (Lipinski definition) is 1. The van der Waals surface area contributed by atoms with Crippen LogP contribution in [0.2, 0.25) is 0 Å². The molecule has 27 heavy (non-hydrogen) atoms. The van der Waals surface area contributed by atoms with E-state index in [0.717, 1.165) is 36.2 Å². The Labute approximate surface area is 163 Å². The van der Waals surface area contributed by atoms with Gasteiger partial charge in [-0.25, -0.2) is 9.78 Å². The molecule has 2 aromatic rings. The van der Waals surface area contributed by atoms with Crippen molar-refractivity contribution in [2.24, 2.45) is 17.9 Å². The van der Waals surface area contributed by atoms with Crippen LogP contribution in [0.15, 0.2) is 16.9 Å². The molecule has 0 spiro atoms. The smallest absolute Gasteiger partial charge is 0.314 e. The van der Waals surface area contributed by atoms with Crippen LogP contribution in [0.4, 0.5) is 0 Å². The van der Waals surface area contributed by atoms with Crippen molar-refractivity contribution in [1.82, 2.24) is 19.4 Å². The van der Waals surface area contributed by atoms with Gasteiger partial charge in [0, 0.05) is 31.2 Å². The van der Waals surface area contributed by atoms with E-state index in [4.69, 9.17) is 4.98 Å². The number of rotatable bonds is 4. The van der Waals surface area contributed by atoms with E-state index in [9.17, 15) is 4.79 Å². The van der Waals surface area contributed by atoms with E-state index < -0.39 is 0 Å². The van der Waals surface area contributed by atoms with Crippen LogP contribution in [0.5, 0.6) is 0 Å². The van der Waals surface area contributed by atoms with Crippen molar-refractivity contribution in [1.29, 1.82) is 0 Å². The normalized spacial score (nSPS) is 23.1. The Morgan fingerprint density at radius 2 is 2.00 bits per heavy atom. The van der Waals surface area contributed by atoms with Crippen LogP contribution in [0.1, 0.15) is 72.4 Å². The minimum atomic E-state index is 0.0277. The molecule has 2 atom stereocenters. The Hall–Kier alpha value is -1.62. The van der Waals surface area contributed by atoms with Crippen LogP contribution in [-0.2, 0) is 13.6 Å². The fourth-order valence-corrected chi connectivity index (χ4v) is 4.46. The molecule has 5 nitrogen and oxygen atoms in total. The van der Waals surface area contributed by atoms with Crippen LogP contribution >= 0.6 is 0 Å². The fraction of sp³-hybridized carbons (Fsp3) is 0.727. The lowest BCUT2D eigenvalue weighted by Crippen LogP contribution is -2.45. The van der Waals surface area contributed by atoms with Gasteiger partial charge in [-0.2, -0.15) is 0 Å². The molecule has 3 rings (SSSR count). The van der Waals surface area contributed by atoms with Gasteiger partial charge in [-0.15, -0.1) is 0 Å². The fourth-order valence-electron chi connectivity index (χ4n) is 4.46. The summed E-state index contributed by atoms with van der Waals surface area (Å²) in [5.41, 5.74) is 3.28. The maximum atomic E-state index is 12.8. The lowest BCUT2D eigenvalue weighted by molar-refractivity contribution is 0.153. The minimum absolute atomic E-state index is 0.0277. The van der Waals surface area contributed by atoms with Crippen LogP contribution in [0.3, 0.4) is 0 Å². The molecular formula is C22H36N4O. The summed E-state index contributed by atoms with van der Waals surface area (Å²) in [6.45, 7) is 15.1. The SMILES string of the molecule is CCNC1CC(c2ccc3c(n2)n(C)c(=O)n3CC(C)(C)C)CCC1(C)C. The van der Waals surface area contributed by atoms with Gasteiger partial charge in [0.2, 0.25) is 0 Å². The Balaban J connectivity index is 1.96. The maximum absolute atomic E-state index is 12.8. The highest BCUT2D eigenvalue weighted by molar-refractivity contribution is 5.72. The minimum Gasteiger partial charge on any atom is -0.314 e. The number of hydrogen-bond acceptors (Lipinski definition) is 3. The summed E-state index contributed by atoms with van der Waals surface area (Å²) >= 11 is 0. The summed E-state index contributed by atoms with van der Waals surface area (Å²) < 4.78 is 3.58. The Bertz CT molecular complexity index is 869. The first-order valence-electron chi connectivity index (χ1n) is 10.3. The van der Waals surface area contributed by atoms with Crippen molar-refractivity contribution in [3.8, 4) is 0 Å². The molecule has 1 aliphatic rings. The largest absolute Gasteiger partial charge is 0.330 e. The topological polar surface area (TPSA) is 51.9 Å². The molecule has 150 valence electrons. The van der Waals surface area contributed by atoms with Crippen molar-refractivity contribution in [3.05, 3.63) is 28.3 Å². The van der Waals surface area contributed by atoms with Gasteiger partial charge in [-0.1, -0.05) is 41.5 Å². The molecule has 0 bridgehead atoms. The molecule has 1 N–H and O–H groups in total. The number of nitrogens with one attached hydrogen (secondary N) is 1. The van der Waals surface area contributed by atoms with E-state index in [2.05, 4.69) is 59.0 Å². The molecule has 5 heteroatoms. The Morgan fingerprint density at radius 1 is 1.30 bits per heavy atom. The summed E-state index contributed by atoms with van der Waals surface area (Å²) in [5.74, 6) is 0.451. The van der Waals surface area contributed by atoms with E-state index in [1.165, 1.54) is 6.42 Å². The molecule has 0 amide bonds. The Morgan fingerprint density at radius 3 is 2.63 bits per heavy atom. The number of nitrogens with zero attached hydrogens (tertiary/aromatic N) is 3. The molecular weight excluding hydrogens is 336 g/mol. The predicted molar refractivity (Wildman–Crippen MR) is 112 cm³/mol. The van der Waals surface area contributed by atoms with Gasteiger partial charge in [0.15, 0.2) is 5.65 Å². The van der Waals surface area contributed by atoms with Gasteiger partial charge < -0.3 is 5.32 Å². The predicted octanol–water partition coefficient (Wildman–Crippen LogP) is 4.05. The second kappa shape index (κ2) is 7.08. The summed E-state index contributed by atoms with van der Waals surface area (Å²) in [6, 6.07) is 4.76. The number of aromatic nitrogens is 3. The first kappa shape index (κ1) is 20.1. The molecule has 2 unspecified atom stereocenters. The highest BCUT2D eigenvalue weighted by atomic mass is 16.1. The molecule has 0 radical (unpaired) electrons. The molecule has 0 saturated heterocycles. The van der Waals surface area contributed by atoms with Gasteiger partial charge >= 0.3 is 5.69 Å². The maximum Gasteiger partial charge on any atom is 0.330 e. The summed E-state index contributed by atoms with van der Waals surface area (Å²) in [4.78, 5) is 17.7. The van der Waals surface area contributed by atoms with Crippen LogP contribution in [0, 0.1) is 10.8 Å². The van der Waals surface area contributed by atoms with Crippen molar-refractivity contribution >= 4 is 11.2 Å². The standard InChI is InChI=1S/C22H36N4O/c1-8-23-18-13-15(11-12-22(18,5)6)16-9-10-17-19(24-16)25(7)20(27)26(17)14-21(2,3)4/h9-10,15,18,23H,8,11-14H2,1-7H3. The average Bonchev–Trinajstić information content (AvgIpc) is 2.80. The quantitative estimate of drug-likeness (QED) is 0.881. The molecule has 0 aromatic carbocycles. The highest BCUT2D eigenvalue weighted by Crippen LogP contribution is 2.42. The van der Waals surface area contributed by atoms with Gasteiger partial charge in [0.05, 0.1) is 5.52 Å². The zero-order chi connectivity index (χ0) is 20.0. The second-order valence-electron chi connectivity index (χ2n) is 10.1. The van der Waals surface area contributed by atoms with Crippen molar-refractivity contribution in [2.75, 3.05) is 6.54 Å². The number of aryl methyl sites for hydroxylation is 1. The third-order valence-electron chi connectivity index (χ3n) is 6.10. The molecule has 1 fully saturated rings. The first-order valence-corrected chi connectivity index (χ1v) is 10.3. The summed E-state index contributed by atoms with van der Waals surface area (Å²) in [5, 5.41) is 3.67. The molecule has 2 aromatic heterocycles. The molecule has 1 aliphatic carbocycles. The van der Waals surface area contributed by atoms with Crippen LogP contribution in [0.25, 0.3) is 11.2 Å². The van der Waals surface area contributed by atoms with Crippen LogP contribution in [-0.4, -0.2) is 26.7 Å². The number of imidazole rings is 1. The third-order valence-corrected chi connectivity index (χ3v) is 6.10. The van der Waals surface area contributed by atoms with Crippen molar-refractivity contribution in [3.63, 3.8) is 0 Å². The zero-order valence-corrected chi connectivity index (χ0v) is 18.1. The van der Waals surface area contributed by atoms with Gasteiger partial charge in [-0.3, -0.25) is 9.13 Å². The average molecular weight is 373 g/mol. The summed E-state index contributed by atoms with van der Waals surface area (Å²) in [7, 11) is 1.84. The van der Waals surface area contributed by atoms with Gasteiger partial charge in [-0.05, 0) is 48.8 Å². The number of fused-ring (bicyclic) bond motifs is 1. The molecule has 0 aliphatic heterocycles. The van der Waals surface area contributed by atoms with E-state index >= 15 is 0 Å². The van der Waals surface area contributed by atoms with Crippen LogP contribution < -0.4 is 11.0 Å². The summed E-state index contributed by atoms with van der Waals surface area (Å²) in [6.07, 6.45) is 3.46. The molecule has 1 saturated carbocycles. The first-order chi connectivity index (χ1) is 12.5. The van der Waals surface area contributed by atoms with Crippen molar-refractivity contribution in [2.45, 2.75) is 79.3 Å². The van der Waals surface area contributed by atoms with E-state index in [1.54, 1.807) is 4.57 Å². The second-order valence-corrected chi connectivity index (χ2v) is 10.1. The van der Waals surface area contributed by atoms with Crippen molar-refractivity contribution < 1.29 is 0 Å². The van der Waals surface area contributed by atoms with E-state index in [-0.39, 0.29) is 11.1 Å². The Kier molecular flexibility index (Phi) is 5.28. The molecule has 2 heterocycles. The third kappa shape index (κ3) is 3.98. The van der Waals surface area contributed by atoms with Gasteiger partial charge in [0.25, 0.3) is 0 Å².